The lowest BCUT2D eigenvalue weighted by molar-refractivity contribution is -0.152. The van der Waals surface area contributed by atoms with E-state index >= 15 is 0 Å². The van der Waals surface area contributed by atoms with Crippen molar-refractivity contribution in [2.75, 3.05) is 7.11 Å². The minimum absolute atomic E-state index is 0.000605. The molecule has 100 valence electrons. The van der Waals surface area contributed by atoms with Crippen molar-refractivity contribution in [3.63, 3.8) is 0 Å². The fourth-order valence-electron chi connectivity index (χ4n) is 1.97. The molecule has 2 atom stereocenters. The second kappa shape index (κ2) is 6.34. The van der Waals surface area contributed by atoms with Crippen LogP contribution in [0.2, 0.25) is 0 Å². The molecule has 2 unspecified atom stereocenters. The Morgan fingerprint density at radius 3 is 2.44 bits per heavy atom. The number of carbonyl (C=O) groups excluding carboxylic acids is 1. The topological polar surface area (TPSA) is 46.5 Å². The van der Waals surface area contributed by atoms with Gasteiger partial charge in [0, 0.05) is 4.47 Å². The number of aryl methyl sites for hydroxylation is 1. The van der Waals surface area contributed by atoms with Crippen LogP contribution in [0.25, 0.3) is 0 Å². The first-order valence-electron chi connectivity index (χ1n) is 5.90. The fraction of sp³-hybridized carbons (Fsp3) is 0.500. The molecule has 1 rings (SSSR count). The molecule has 1 aromatic rings. The zero-order chi connectivity index (χ0) is 13.9. The number of carbonyl (C=O) groups is 1. The van der Waals surface area contributed by atoms with Gasteiger partial charge in [0.05, 0.1) is 19.1 Å². The molecule has 0 saturated heterocycles. The van der Waals surface area contributed by atoms with Gasteiger partial charge in [-0.2, -0.15) is 0 Å². The second-order valence-corrected chi connectivity index (χ2v) is 5.62. The average Bonchev–Trinajstić information content (AvgIpc) is 2.28. The first-order chi connectivity index (χ1) is 8.38. The first-order valence-corrected chi connectivity index (χ1v) is 6.69. The number of esters is 1. The molecule has 0 fully saturated rings. The van der Waals surface area contributed by atoms with Crippen molar-refractivity contribution >= 4 is 21.9 Å². The van der Waals surface area contributed by atoms with Crippen molar-refractivity contribution in [1.29, 1.82) is 0 Å². The van der Waals surface area contributed by atoms with Crippen molar-refractivity contribution < 1.29 is 14.6 Å². The van der Waals surface area contributed by atoms with Gasteiger partial charge in [-0.05, 0) is 30.0 Å². The van der Waals surface area contributed by atoms with E-state index in [1.54, 1.807) is 0 Å². The Morgan fingerprint density at radius 1 is 1.39 bits per heavy atom. The van der Waals surface area contributed by atoms with Crippen LogP contribution in [0.15, 0.2) is 22.7 Å². The monoisotopic (exact) mass is 314 g/mol. The van der Waals surface area contributed by atoms with Gasteiger partial charge >= 0.3 is 5.97 Å². The lowest BCUT2D eigenvalue weighted by Gasteiger charge is -2.25. The van der Waals surface area contributed by atoms with Crippen molar-refractivity contribution in [2.45, 2.75) is 26.9 Å². The standard InChI is InChI=1S/C14H19BrO3/c1-8(2)12(14(17)18-4)13(16)10-6-5-9(3)7-11(10)15/h5-8,12-13,16H,1-4H3. The molecule has 1 N–H and O–H groups in total. The third-order valence-corrected chi connectivity index (χ3v) is 3.69. The molecule has 0 bridgehead atoms. The van der Waals surface area contributed by atoms with Gasteiger partial charge in [-0.15, -0.1) is 0 Å². The summed E-state index contributed by atoms with van der Waals surface area (Å²) in [5.41, 5.74) is 1.81. The van der Waals surface area contributed by atoms with E-state index in [4.69, 9.17) is 4.74 Å². The van der Waals surface area contributed by atoms with E-state index < -0.39 is 12.0 Å². The number of aliphatic hydroxyl groups excluding tert-OH is 1. The highest BCUT2D eigenvalue weighted by Gasteiger charge is 2.32. The van der Waals surface area contributed by atoms with Crippen LogP contribution in [0, 0.1) is 18.8 Å². The summed E-state index contributed by atoms with van der Waals surface area (Å²) in [6.45, 7) is 5.76. The van der Waals surface area contributed by atoms with Crippen LogP contribution in [0.5, 0.6) is 0 Å². The van der Waals surface area contributed by atoms with E-state index in [2.05, 4.69) is 15.9 Å². The van der Waals surface area contributed by atoms with Gasteiger partial charge in [-0.1, -0.05) is 41.9 Å². The smallest absolute Gasteiger partial charge is 0.311 e. The molecule has 0 heterocycles. The van der Waals surface area contributed by atoms with E-state index in [0.29, 0.717) is 5.56 Å². The highest BCUT2D eigenvalue weighted by molar-refractivity contribution is 9.10. The van der Waals surface area contributed by atoms with E-state index in [1.165, 1.54) is 7.11 Å². The van der Waals surface area contributed by atoms with Crippen molar-refractivity contribution in [3.05, 3.63) is 33.8 Å². The fourth-order valence-corrected chi connectivity index (χ4v) is 2.70. The average molecular weight is 315 g/mol. The number of hydrogen-bond acceptors (Lipinski definition) is 3. The summed E-state index contributed by atoms with van der Waals surface area (Å²) in [5.74, 6) is -0.945. The number of hydrogen-bond donors (Lipinski definition) is 1. The molecule has 18 heavy (non-hydrogen) atoms. The summed E-state index contributed by atoms with van der Waals surface area (Å²) < 4.78 is 5.58. The number of methoxy groups -OCH3 is 1. The van der Waals surface area contributed by atoms with Crippen LogP contribution < -0.4 is 0 Å². The maximum Gasteiger partial charge on any atom is 0.311 e. The summed E-state index contributed by atoms with van der Waals surface area (Å²) in [7, 11) is 1.34. The normalized spacial score (nSPS) is 14.4. The number of aliphatic hydroxyl groups is 1. The molecule has 0 spiro atoms. The third kappa shape index (κ3) is 3.33. The molecule has 3 nitrogen and oxygen atoms in total. The van der Waals surface area contributed by atoms with Crippen LogP contribution >= 0.6 is 15.9 Å². The van der Waals surface area contributed by atoms with E-state index in [0.717, 1.165) is 10.0 Å². The Balaban J connectivity index is 3.09. The van der Waals surface area contributed by atoms with Crippen LogP contribution in [-0.4, -0.2) is 18.2 Å². The molecule has 0 aliphatic carbocycles. The number of rotatable bonds is 4. The highest BCUT2D eigenvalue weighted by atomic mass is 79.9. The Labute approximate surface area is 116 Å². The molecule has 0 aliphatic rings. The molecule has 0 aliphatic heterocycles. The van der Waals surface area contributed by atoms with Gasteiger partial charge in [-0.3, -0.25) is 4.79 Å². The summed E-state index contributed by atoms with van der Waals surface area (Å²) in [5, 5.41) is 10.4. The molecule has 1 aromatic carbocycles. The number of benzene rings is 1. The van der Waals surface area contributed by atoms with E-state index in [9.17, 15) is 9.90 Å². The first kappa shape index (κ1) is 15.2. The predicted molar refractivity (Wildman–Crippen MR) is 74.2 cm³/mol. The quantitative estimate of drug-likeness (QED) is 0.868. The van der Waals surface area contributed by atoms with Gasteiger partial charge in [0.25, 0.3) is 0 Å². The molecule has 0 radical (unpaired) electrons. The van der Waals surface area contributed by atoms with Crippen LogP contribution in [-0.2, 0) is 9.53 Å². The molecule has 0 amide bonds. The van der Waals surface area contributed by atoms with Crippen molar-refractivity contribution in [3.8, 4) is 0 Å². The van der Waals surface area contributed by atoms with E-state index in [1.807, 2.05) is 39.0 Å². The van der Waals surface area contributed by atoms with Crippen LogP contribution in [0.3, 0.4) is 0 Å². The van der Waals surface area contributed by atoms with Gasteiger partial charge in [0.2, 0.25) is 0 Å². The Hall–Kier alpha value is -0.870. The molecule has 0 saturated carbocycles. The van der Waals surface area contributed by atoms with Gasteiger partial charge in [0.15, 0.2) is 0 Å². The minimum atomic E-state index is -0.868. The minimum Gasteiger partial charge on any atom is -0.469 e. The van der Waals surface area contributed by atoms with Crippen molar-refractivity contribution in [1.82, 2.24) is 0 Å². The maximum atomic E-state index is 11.7. The zero-order valence-corrected chi connectivity index (χ0v) is 12.7. The molecular weight excluding hydrogens is 296 g/mol. The largest absolute Gasteiger partial charge is 0.469 e. The number of halogens is 1. The van der Waals surface area contributed by atoms with E-state index in [-0.39, 0.29) is 11.9 Å². The lowest BCUT2D eigenvalue weighted by Crippen LogP contribution is -2.28. The lowest BCUT2D eigenvalue weighted by atomic mass is 9.86. The van der Waals surface area contributed by atoms with Crippen LogP contribution in [0.4, 0.5) is 0 Å². The molecular formula is C14H19BrO3. The Kier molecular flexibility index (Phi) is 5.35. The Bertz CT molecular complexity index is 429. The van der Waals surface area contributed by atoms with Crippen LogP contribution in [0.1, 0.15) is 31.1 Å². The summed E-state index contributed by atoms with van der Waals surface area (Å²) >= 11 is 3.42. The van der Waals surface area contributed by atoms with Gasteiger partial charge in [-0.25, -0.2) is 0 Å². The summed E-state index contributed by atoms with van der Waals surface area (Å²) in [6.07, 6.45) is -0.868. The Morgan fingerprint density at radius 2 is 2.00 bits per heavy atom. The SMILES string of the molecule is COC(=O)C(C(C)C)C(O)c1ccc(C)cc1Br. The van der Waals surface area contributed by atoms with Gasteiger partial charge < -0.3 is 9.84 Å². The maximum absolute atomic E-state index is 11.7. The number of ether oxygens (including phenoxy) is 1. The van der Waals surface area contributed by atoms with Gasteiger partial charge in [0.1, 0.15) is 0 Å². The third-order valence-electron chi connectivity index (χ3n) is 3.01. The highest BCUT2D eigenvalue weighted by Crippen LogP contribution is 2.33. The summed E-state index contributed by atoms with van der Waals surface area (Å²) in [6, 6.07) is 5.67. The second-order valence-electron chi connectivity index (χ2n) is 4.76. The molecule has 0 aromatic heterocycles. The molecule has 4 heteroatoms. The van der Waals surface area contributed by atoms with Crippen molar-refractivity contribution in [2.24, 2.45) is 11.8 Å². The summed E-state index contributed by atoms with van der Waals surface area (Å²) in [4.78, 5) is 11.7. The zero-order valence-electron chi connectivity index (χ0n) is 11.1. The predicted octanol–water partition coefficient (Wildman–Crippen LogP) is 3.24.